The minimum absolute atomic E-state index is 0.189. The van der Waals surface area contributed by atoms with E-state index in [-0.39, 0.29) is 16.5 Å². The van der Waals surface area contributed by atoms with Crippen molar-refractivity contribution in [1.82, 2.24) is 4.98 Å². The van der Waals surface area contributed by atoms with Crippen LogP contribution in [0.15, 0.2) is 18.3 Å². The average molecular weight is 322 g/mol. The lowest BCUT2D eigenvalue weighted by atomic mass is 10.1. The molecule has 3 rings (SSSR count). The molecule has 0 spiro atoms. The number of methoxy groups -OCH3 is 1. The highest BCUT2D eigenvalue weighted by atomic mass is 19.1. The summed E-state index contributed by atoms with van der Waals surface area (Å²) >= 11 is 0. The summed E-state index contributed by atoms with van der Waals surface area (Å²) in [7, 11) is 1.18. The van der Waals surface area contributed by atoms with Crippen molar-refractivity contribution in [1.29, 1.82) is 0 Å². The van der Waals surface area contributed by atoms with Gasteiger partial charge in [0.05, 0.1) is 44.1 Å². The van der Waals surface area contributed by atoms with Crippen LogP contribution in [0.5, 0.6) is 0 Å². The molecule has 0 radical (unpaired) electrons. The van der Waals surface area contributed by atoms with Crippen LogP contribution in [0.2, 0.25) is 0 Å². The standard InChI is InChI=1S/C16H16F2N2O3/c1-22-15(21)7-11-13(17)8-14-12(16(11)18)6-10(9-19-14)20-2-4-23-5-3-20/h6,8-9H,2-5,7H2,1H3. The van der Waals surface area contributed by atoms with Crippen LogP contribution in [0.4, 0.5) is 14.5 Å². The van der Waals surface area contributed by atoms with Crippen molar-refractivity contribution in [3.8, 4) is 0 Å². The van der Waals surface area contributed by atoms with Gasteiger partial charge in [-0.15, -0.1) is 0 Å². The van der Waals surface area contributed by atoms with Gasteiger partial charge in [0.1, 0.15) is 11.6 Å². The van der Waals surface area contributed by atoms with E-state index in [1.165, 1.54) is 7.11 Å². The fourth-order valence-corrected chi connectivity index (χ4v) is 2.60. The number of morpholine rings is 1. The Bertz CT molecular complexity index is 746. The lowest BCUT2D eigenvalue weighted by Crippen LogP contribution is -2.36. The molecule has 122 valence electrons. The van der Waals surface area contributed by atoms with Crippen LogP contribution in [0.25, 0.3) is 10.9 Å². The Morgan fingerprint density at radius 2 is 2.09 bits per heavy atom. The average Bonchev–Trinajstić information content (AvgIpc) is 2.59. The number of nitrogens with zero attached hydrogens (tertiary/aromatic N) is 2. The summed E-state index contributed by atoms with van der Waals surface area (Å²) in [6.07, 6.45) is 1.14. The Balaban J connectivity index is 2.04. The number of aromatic nitrogens is 1. The van der Waals surface area contributed by atoms with Gasteiger partial charge in [0.2, 0.25) is 0 Å². The molecule has 0 N–H and O–H groups in total. The topological polar surface area (TPSA) is 51.7 Å². The number of fused-ring (bicyclic) bond motifs is 1. The molecule has 0 unspecified atom stereocenters. The van der Waals surface area contributed by atoms with Crippen LogP contribution in [0, 0.1) is 11.6 Å². The maximum atomic E-state index is 14.6. The Kier molecular flexibility index (Phi) is 4.38. The van der Waals surface area contributed by atoms with E-state index in [0.29, 0.717) is 26.3 Å². The summed E-state index contributed by atoms with van der Waals surface area (Å²) in [6.45, 7) is 2.56. The van der Waals surface area contributed by atoms with Crippen LogP contribution in [0.1, 0.15) is 5.56 Å². The third-order valence-corrected chi connectivity index (χ3v) is 3.88. The predicted molar refractivity (Wildman–Crippen MR) is 80.4 cm³/mol. The van der Waals surface area contributed by atoms with Gasteiger partial charge < -0.3 is 14.4 Å². The van der Waals surface area contributed by atoms with Crippen LogP contribution in [0.3, 0.4) is 0 Å². The molecular formula is C16H16F2N2O3. The Labute approximate surface area is 131 Å². The largest absolute Gasteiger partial charge is 0.469 e. The van der Waals surface area contributed by atoms with Gasteiger partial charge in [0.15, 0.2) is 0 Å². The summed E-state index contributed by atoms with van der Waals surface area (Å²) in [6, 6.07) is 2.77. The number of pyridine rings is 1. The highest BCUT2D eigenvalue weighted by Crippen LogP contribution is 2.27. The number of rotatable bonds is 3. The molecule has 1 aliphatic heterocycles. The first-order valence-electron chi connectivity index (χ1n) is 7.26. The molecular weight excluding hydrogens is 306 g/mol. The molecule has 1 saturated heterocycles. The normalized spacial score (nSPS) is 15.0. The van der Waals surface area contributed by atoms with E-state index in [2.05, 4.69) is 9.72 Å². The number of halogens is 2. The molecule has 7 heteroatoms. The van der Waals surface area contributed by atoms with E-state index >= 15 is 0 Å². The van der Waals surface area contributed by atoms with Crippen LogP contribution >= 0.6 is 0 Å². The molecule has 0 aliphatic carbocycles. The van der Waals surface area contributed by atoms with Crippen molar-refractivity contribution in [2.24, 2.45) is 0 Å². The number of hydrogen-bond donors (Lipinski definition) is 0. The zero-order chi connectivity index (χ0) is 16.4. The maximum absolute atomic E-state index is 14.6. The number of esters is 1. The second kappa shape index (κ2) is 6.45. The second-order valence-corrected chi connectivity index (χ2v) is 5.26. The lowest BCUT2D eigenvalue weighted by Gasteiger charge is -2.28. The zero-order valence-electron chi connectivity index (χ0n) is 12.6. The van der Waals surface area contributed by atoms with Gasteiger partial charge in [0.25, 0.3) is 0 Å². The van der Waals surface area contributed by atoms with E-state index < -0.39 is 24.0 Å². The van der Waals surface area contributed by atoms with Gasteiger partial charge in [0, 0.05) is 30.1 Å². The van der Waals surface area contributed by atoms with Gasteiger partial charge in [-0.05, 0) is 6.07 Å². The summed E-state index contributed by atoms with van der Waals surface area (Å²) in [5.74, 6) is -2.26. The van der Waals surface area contributed by atoms with E-state index in [9.17, 15) is 13.6 Å². The molecule has 5 nitrogen and oxygen atoms in total. The predicted octanol–water partition coefficient (Wildman–Crippen LogP) is 2.07. The van der Waals surface area contributed by atoms with Crippen molar-refractivity contribution in [3.05, 3.63) is 35.5 Å². The second-order valence-electron chi connectivity index (χ2n) is 5.26. The molecule has 0 amide bonds. The minimum Gasteiger partial charge on any atom is -0.469 e. The van der Waals surface area contributed by atoms with Gasteiger partial charge >= 0.3 is 5.97 Å². The van der Waals surface area contributed by atoms with Gasteiger partial charge in [-0.2, -0.15) is 0 Å². The Morgan fingerprint density at radius 1 is 1.35 bits per heavy atom. The molecule has 2 heterocycles. The molecule has 1 fully saturated rings. The van der Waals surface area contributed by atoms with E-state index in [4.69, 9.17) is 4.74 Å². The summed E-state index contributed by atoms with van der Waals surface area (Å²) in [4.78, 5) is 17.5. The van der Waals surface area contributed by atoms with Gasteiger partial charge in [-0.1, -0.05) is 0 Å². The van der Waals surface area contributed by atoms with Crippen molar-refractivity contribution >= 4 is 22.6 Å². The Hall–Kier alpha value is -2.28. The minimum atomic E-state index is -0.799. The summed E-state index contributed by atoms with van der Waals surface area (Å²) < 4.78 is 38.4. The number of hydrogen-bond acceptors (Lipinski definition) is 5. The number of benzene rings is 1. The fourth-order valence-electron chi connectivity index (χ4n) is 2.60. The zero-order valence-corrected chi connectivity index (χ0v) is 12.6. The molecule has 23 heavy (non-hydrogen) atoms. The summed E-state index contributed by atoms with van der Waals surface area (Å²) in [5, 5.41) is 0.189. The van der Waals surface area contributed by atoms with Crippen molar-refractivity contribution < 1.29 is 23.0 Å². The van der Waals surface area contributed by atoms with Gasteiger partial charge in [-0.3, -0.25) is 9.78 Å². The molecule has 0 atom stereocenters. The van der Waals surface area contributed by atoms with E-state index in [1.54, 1.807) is 12.3 Å². The molecule has 1 aromatic carbocycles. The van der Waals surface area contributed by atoms with Gasteiger partial charge in [-0.25, -0.2) is 8.78 Å². The van der Waals surface area contributed by atoms with Crippen LogP contribution in [-0.2, 0) is 20.7 Å². The van der Waals surface area contributed by atoms with E-state index in [1.807, 2.05) is 4.90 Å². The van der Waals surface area contributed by atoms with Crippen molar-refractivity contribution in [3.63, 3.8) is 0 Å². The third-order valence-electron chi connectivity index (χ3n) is 3.88. The van der Waals surface area contributed by atoms with Crippen LogP contribution in [-0.4, -0.2) is 44.4 Å². The highest BCUT2D eigenvalue weighted by Gasteiger charge is 2.19. The number of carbonyl (C=O) groups excluding carboxylic acids is 1. The molecule has 1 aromatic heterocycles. The monoisotopic (exact) mass is 322 g/mol. The fraction of sp³-hybridized carbons (Fsp3) is 0.375. The van der Waals surface area contributed by atoms with Crippen molar-refractivity contribution in [2.45, 2.75) is 6.42 Å². The third kappa shape index (κ3) is 3.10. The SMILES string of the molecule is COC(=O)Cc1c(F)cc2ncc(N3CCOCC3)cc2c1F. The smallest absolute Gasteiger partial charge is 0.310 e. The lowest BCUT2D eigenvalue weighted by molar-refractivity contribution is -0.139. The first-order valence-corrected chi connectivity index (χ1v) is 7.26. The maximum Gasteiger partial charge on any atom is 0.310 e. The molecule has 0 bridgehead atoms. The Morgan fingerprint density at radius 3 is 2.78 bits per heavy atom. The van der Waals surface area contributed by atoms with Crippen molar-refractivity contribution in [2.75, 3.05) is 38.3 Å². The first-order chi connectivity index (χ1) is 11.1. The van der Waals surface area contributed by atoms with E-state index in [0.717, 1.165) is 11.8 Å². The quantitative estimate of drug-likeness (QED) is 0.810. The molecule has 0 saturated carbocycles. The molecule has 2 aromatic rings. The highest BCUT2D eigenvalue weighted by molar-refractivity contribution is 5.85. The number of carbonyl (C=O) groups is 1. The first kappa shape index (κ1) is 15.6. The summed E-state index contributed by atoms with van der Waals surface area (Å²) in [5.41, 5.74) is 0.659. The molecule has 1 aliphatic rings. The number of anilines is 1. The van der Waals surface area contributed by atoms with Crippen LogP contribution < -0.4 is 4.90 Å². The number of ether oxygens (including phenoxy) is 2.